The molecule has 0 heterocycles. The molecule has 3 nitrogen and oxygen atoms in total. The van der Waals surface area contributed by atoms with Crippen molar-refractivity contribution in [1.29, 1.82) is 0 Å². The van der Waals surface area contributed by atoms with E-state index >= 15 is 0 Å². The molecule has 0 saturated carbocycles. The molecule has 2 aromatic rings. The predicted octanol–water partition coefficient (Wildman–Crippen LogP) is 4.32. The minimum Gasteiger partial charge on any atom is -0.497 e. The van der Waals surface area contributed by atoms with Crippen LogP contribution in [0, 0.1) is 5.82 Å². The molecule has 0 saturated heterocycles. The average molecular weight is 339 g/mol. The summed E-state index contributed by atoms with van der Waals surface area (Å²) in [4.78, 5) is 1.73. The van der Waals surface area contributed by atoms with Crippen molar-refractivity contribution in [3.8, 4) is 5.75 Å². The molecule has 0 atom stereocenters. The minimum absolute atomic E-state index is 0.285. The van der Waals surface area contributed by atoms with E-state index in [-0.39, 0.29) is 12.4 Å². The van der Waals surface area contributed by atoms with Crippen LogP contribution in [-0.2, 0) is 6.54 Å². The smallest absolute Gasteiger partial charge is 0.173 e. The number of nitrogens with zero attached hydrogens (tertiary/aromatic N) is 1. The average Bonchev–Trinajstić information content (AvgIpc) is 2.51. The molecule has 2 rings (SSSR count). The van der Waals surface area contributed by atoms with Gasteiger partial charge in [-0.15, -0.1) is 0 Å². The lowest BCUT2D eigenvalue weighted by molar-refractivity contribution is 0.415. The Morgan fingerprint density at radius 2 is 1.95 bits per heavy atom. The second kappa shape index (κ2) is 7.42. The SMILES string of the molecule is COc1ccc(NC(=S)N(C)Cc2c(F)cccc2Cl)cc1. The first-order chi connectivity index (χ1) is 10.5. The molecular weight excluding hydrogens is 323 g/mol. The van der Waals surface area contributed by atoms with E-state index < -0.39 is 0 Å². The zero-order chi connectivity index (χ0) is 16.1. The van der Waals surface area contributed by atoms with Crippen molar-refractivity contribution < 1.29 is 9.13 Å². The summed E-state index contributed by atoms with van der Waals surface area (Å²) in [5.41, 5.74) is 1.25. The summed E-state index contributed by atoms with van der Waals surface area (Å²) in [6.45, 7) is 0.285. The molecule has 1 N–H and O–H groups in total. The summed E-state index contributed by atoms with van der Waals surface area (Å²) in [6.07, 6.45) is 0. The Labute approximate surface area is 139 Å². The van der Waals surface area contributed by atoms with Crippen molar-refractivity contribution in [2.24, 2.45) is 0 Å². The second-order valence-corrected chi connectivity index (χ2v) is 5.51. The number of ether oxygens (including phenoxy) is 1. The van der Waals surface area contributed by atoms with Crippen LogP contribution in [0.25, 0.3) is 0 Å². The Kier molecular flexibility index (Phi) is 5.57. The van der Waals surface area contributed by atoms with Gasteiger partial charge in [0.1, 0.15) is 11.6 Å². The van der Waals surface area contributed by atoms with Crippen molar-refractivity contribution in [3.63, 3.8) is 0 Å². The van der Waals surface area contributed by atoms with Crippen LogP contribution in [0.3, 0.4) is 0 Å². The maximum atomic E-state index is 13.8. The molecular formula is C16H16ClFN2OS. The van der Waals surface area contributed by atoms with Crippen LogP contribution >= 0.6 is 23.8 Å². The van der Waals surface area contributed by atoms with Gasteiger partial charge in [0, 0.05) is 29.9 Å². The van der Waals surface area contributed by atoms with Gasteiger partial charge in [0.15, 0.2) is 5.11 Å². The Balaban J connectivity index is 2.02. The van der Waals surface area contributed by atoms with Crippen molar-refractivity contribution in [2.45, 2.75) is 6.54 Å². The van der Waals surface area contributed by atoms with Gasteiger partial charge in [0.2, 0.25) is 0 Å². The van der Waals surface area contributed by atoms with Gasteiger partial charge >= 0.3 is 0 Å². The van der Waals surface area contributed by atoms with Crippen LogP contribution in [0.4, 0.5) is 10.1 Å². The van der Waals surface area contributed by atoms with Crippen LogP contribution in [-0.4, -0.2) is 24.2 Å². The van der Waals surface area contributed by atoms with Gasteiger partial charge in [0.05, 0.1) is 7.11 Å². The molecule has 0 amide bonds. The van der Waals surface area contributed by atoms with Gasteiger partial charge in [-0.2, -0.15) is 0 Å². The predicted molar refractivity (Wildman–Crippen MR) is 92.1 cm³/mol. The number of anilines is 1. The third-order valence-electron chi connectivity index (χ3n) is 3.14. The van der Waals surface area contributed by atoms with Crippen LogP contribution in [0.15, 0.2) is 42.5 Å². The third-order valence-corrected chi connectivity index (χ3v) is 3.91. The maximum absolute atomic E-state index is 13.8. The topological polar surface area (TPSA) is 24.5 Å². The zero-order valence-corrected chi connectivity index (χ0v) is 13.8. The summed E-state index contributed by atoms with van der Waals surface area (Å²) in [5, 5.41) is 3.95. The number of hydrogen-bond donors (Lipinski definition) is 1. The molecule has 0 aromatic heterocycles. The lowest BCUT2D eigenvalue weighted by Crippen LogP contribution is -2.31. The van der Waals surface area contributed by atoms with Gasteiger partial charge in [-0.1, -0.05) is 17.7 Å². The van der Waals surface area contributed by atoms with Crippen molar-refractivity contribution in [1.82, 2.24) is 4.90 Å². The number of halogens is 2. The summed E-state index contributed by atoms with van der Waals surface area (Å²) in [6, 6.07) is 12.0. The number of hydrogen-bond acceptors (Lipinski definition) is 2. The van der Waals surface area contributed by atoms with Crippen molar-refractivity contribution in [3.05, 3.63) is 58.9 Å². The number of benzene rings is 2. The van der Waals surface area contributed by atoms with Crippen molar-refractivity contribution in [2.75, 3.05) is 19.5 Å². The number of rotatable bonds is 4. The Morgan fingerprint density at radius 1 is 1.27 bits per heavy atom. The lowest BCUT2D eigenvalue weighted by atomic mass is 10.2. The summed E-state index contributed by atoms with van der Waals surface area (Å²) >= 11 is 11.4. The van der Waals surface area contributed by atoms with E-state index in [0.29, 0.717) is 15.7 Å². The summed E-state index contributed by atoms with van der Waals surface area (Å²) < 4.78 is 18.9. The highest BCUT2D eigenvalue weighted by Crippen LogP contribution is 2.21. The number of nitrogens with one attached hydrogen (secondary N) is 1. The molecule has 22 heavy (non-hydrogen) atoms. The molecule has 0 aliphatic heterocycles. The van der Waals surface area contributed by atoms with Gasteiger partial charge in [-0.05, 0) is 48.6 Å². The highest BCUT2D eigenvalue weighted by molar-refractivity contribution is 7.80. The van der Waals surface area contributed by atoms with Gasteiger partial charge in [-0.25, -0.2) is 4.39 Å². The molecule has 0 fully saturated rings. The largest absolute Gasteiger partial charge is 0.497 e. The molecule has 0 aliphatic rings. The van der Waals surface area contributed by atoms with Crippen LogP contribution < -0.4 is 10.1 Å². The standard InChI is InChI=1S/C16H16ClFN2OS/c1-20(10-13-14(17)4-3-5-15(13)18)16(22)19-11-6-8-12(21-2)9-7-11/h3-9H,10H2,1-2H3,(H,19,22). The minimum atomic E-state index is -0.341. The van der Waals surface area contributed by atoms with E-state index in [1.807, 2.05) is 24.3 Å². The quantitative estimate of drug-likeness (QED) is 0.839. The van der Waals surface area contributed by atoms with Gasteiger partial charge < -0.3 is 15.0 Å². The van der Waals surface area contributed by atoms with E-state index in [9.17, 15) is 4.39 Å². The fourth-order valence-corrected chi connectivity index (χ4v) is 2.29. The first-order valence-electron chi connectivity index (χ1n) is 6.60. The fourth-order valence-electron chi connectivity index (χ4n) is 1.89. The number of thiocarbonyl (C=S) groups is 1. The Hall–Kier alpha value is -1.85. The molecule has 0 radical (unpaired) electrons. The van der Waals surface area contributed by atoms with E-state index in [1.165, 1.54) is 6.07 Å². The van der Waals surface area contributed by atoms with Crippen LogP contribution in [0.1, 0.15) is 5.56 Å². The summed E-state index contributed by atoms with van der Waals surface area (Å²) in [7, 11) is 3.39. The molecule has 0 bridgehead atoms. The summed E-state index contributed by atoms with van der Waals surface area (Å²) in [5.74, 6) is 0.426. The first-order valence-corrected chi connectivity index (χ1v) is 7.39. The highest BCUT2D eigenvalue weighted by Gasteiger charge is 2.12. The highest BCUT2D eigenvalue weighted by atomic mass is 35.5. The van der Waals surface area contributed by atoms with Gasteiger partial charge in [-0.3, -0.25) is 0 Å². The van der Waals surface area contributed by atoms with E-state index in [1.54, 1.807) is 31.2 Å². The molecule has 0 aliphatic carbocycles. The molecule has 0 spiro atoms. The Morgan fingerprint density at radius 3 is 2.55 bits per heavy atom. The Bertz CT molecular complexity index is 643. The molecule has 2 aromatic carbocycles. The third kappa shape index (κ3) is 4.08. The monoisotopic (exact) mass is 338 g/mol. The maximum Gasteiger partial charge on any atom is 0.173 e. The normalized spacial score (nSPS) is 10.2. The van der Waals surface area contributed by atoms with E-state index in [2.05, 4.69) is 5.32 Å². The van der Waals surface area contributed by atoms with Crippen molar-refractivity contribution >= 4 is 34.6 Å². The first kappa shape index (κ1) is 16.5. The fraction of sp³-hybridized carbons (Fsp3) is 0.188. The number of methoxy groups -OCH3 is 1. The molecule has 0 unspecified atom stereocenters. The van der Waals surface area contributed by atoms with E-state index in [4.69, 9.17) is 28.6 Å². The van der Waals surface area contributed by atoms with E-state index in [0.717, 1.165) is 11.4 Å². The molecule has 6 heteroatoms. The van der Waals surface area contributed by atoms with Gasteiger partial charge in [0.25, 0.3) is 0 Å². The van der Waals surface area contributed by atoms with Crippen LogP contribution in [0.2, 0.25) is 5.02 Å². The zero-order valence-electron chi connectivity index (χ0n) is 12.3. The lowest BCUT2D eigenvalue weighted by Gasteiger charge is -2.22. The second-order valence-electron chi connectivity index (χ2n) is 4.71. The van der Waals surface area contributed by atoms with Crippen LogP contribution in [0.5, 0.6) is 5.75 Å². The molecule has 116 valence electrons.